The lowest BCUT2D eigenvalue weighted by atomic mass is 10.1. The maximum atomic E-state index is 12.6. The van der Waals surface area contributed by atoms with Crippen molar-refractivity contribution >= 4 is 40.6 Å². The second-order valence-corrected chi connectivity index (χ2v) is 7.01. The lowest BCUT2D eigenvalue weighted by molar-refractivity contribution is -0.385. The molecular formula is C17H17N3O6S. The topological polar surface area (TPSA) is 110 Å². The standard InChI is InChI=1S/C17H17N3O6S/c1-26-15-11(5-4-6-12(15)20(24)25)9-13-16(22)19(17(23)27-13)10-14(21)18-7-2-3-8-18/h4-6,9H,2-3,7-8,10H2,1H3/b13-9-. The van der Waals surface area contributed by atoms with E-state index in [4.69, 9.17) is 4.74 Å². The van der Waals surface area contributed by atoms with Crippen molar-refractivity contribution in [2.45, 2.75) is 12.8 Å². The summed E-state index contributed by atoms with van der Waals surface area (Å²) in [6, 6.07) is 4.31. The number of nitro benzene ring substituents is 1. The van der Waals surface area contributed by atoms with Crippen LogP contribution >= 0.6 is 11.8 Å². The number of hydrogen-bond donors (Lipinski definition) is 0. The molecule has 2 heterocycles. The summed E-state index contributed by atoms with van der Waals surface area (Å²) in [6.45, 7) is 0.972. The lowest BCUT2D eigenvalue weighted by Gasteiger charge is -2.18. The van der Waals surface area contributed by atoms with Crippen molar-refractivity contribution in [3.05, 3.63) is 38.8 Å². The number of benzene rings is 1. The number of rotatable bonds is 5. The smallest absolute Gasteiger partial charge is 0.311 e. The summed E-state index contributed by atoms with van der Waals surface area (Å²) in [6.07, 6.45) is 3.21. The van der Waals surface area contributed by atoms with Crippen LogP contribution in [0.15, 0.2) is 23.1 Å². The van der Waals surface area contributed by atoms with Gasteiger partial charge in [0.25, 0.3) is 11.1 Å². The summed E-state index contributed by atoms with van der Waals surface area (Å²) in [7, 11) is 1.29. The van der Waals surface area contributed by atoms with Gasteiger partial charge in [-0.05, 0) is 30.7 Å². The van der Waals surface area contributed by atoms with E-state index in [-0.39, 0.29) is 28.8 Å². The molecule has 0 spiro atoms. The summed E-state index contributed by atoms with van der Waals surface area (Å²) in [5.41, 5.74) is 0.0674. The molecule has 2 aliphatic rings. The Balaban J connectivity index is 1.83. The fourth-order valence-corrected chi connectivity index (χ4v) is 3.83. The van der Waals surface area contributed by atoms with Crippen molar-refractivity contribution in [3.8, 4) is 5.75 Å². The largest absolute Gasteiger partial charge is 0.490 e. The van der Waals surface area contributed by atoms with E-state index < -0.39 is 16.1 Å². The Hall–Kier alpha value is -2.88. The number of methoxy groups -OCH3 is 1. The molecule has 0 aliphatic carbocycles. The molecule has 0 unspecified atom stereocenters. The fraction of sp³-hybridized carbons (Fsp3) is 0.353. The number of thioether (sulfide) groups is 1. The number of hydrogen-bond acceptors (Lipinski definition) is 7. The van der Waals surface area contributed by atoms with Crippen LogP contribution < -0.4 is 4.74 Å². The van der Waals surface area contributed by atoms with E-state index in [1.807, 2.05) is 0 Å². The summed E-state index contributed by atoms with van der Waals surface area (Å²) in [5.74, 6) is -0.850. The molecule has 142 valence electrons. The van der Waals surface area contributed by atoms with Gasteiger partial charge in [0.2, 0.25) is 11.7 Å². The van der Waals surface area contributed by atoms with E-state index in [0.717, 1.165) is 17.7 Å². The Kier molecular flexibility index (Phi) is 5.45. The van der Waals surface area contributed by atoms with Gasteiger partial charge in [-0.1, -0.05) is 12.1 Å². The predicted molar refractivity (Wildman–Crippen MR) is 98.1 cm³/mol. The van der Waals surface area contributed by atoms with Crippen LogP contribution in [-0.2, 0) is 9.59 Å². The van der Waals surface area contributed by atoms with E-state index in [9.17, 15) is 24.5 Å². The number of para-hydroxylation sites is 1. The zero-order valence-corrected chi connectivity index (χ0v) is 15.4. The first-order valence-corrected chi connectivity index (χ1v) is 9.08. The van der Waals surface area contributed by atoms with Crippen molar-refractivity contribution in [1.82, 2.24) is 9.80 Å². The predicted octanol–water partition coefficient (Wildman–Crippen LogP) is 2.26. The van der Waals surface area contributed by atoms with Crippen LogP contribution in [0.5, 0.6) is 5.75 Å². The number of likely N-dealkylation sites (tertiary alicyclic amines) is 1. The summed E-state index contributed by atoms with van der Waals surface area (Å²) in [4.78, 5) is 50.1. The lowest BCUT2D eigenvalue weighted by Crippen LogP contribution is -2.40. The molecule has 0 bridgehead atoms. The quantitative estimate of drug-likeness (QED) is 0.430. The second-order valence-electron chi connectivity index (χ2n) is 6.01. The number of carbonyl (C=O) groups is 3. The maximum Gasteiger partial charge on any atom is 0.311 e. The monoisotopic (exact) mass is 391 g/mol. The Bertz CT molecular complexity index is 847. The Morgan fingerprint density at radius 3 is 2.67 bits per heavy atom. The highest BCUT2D eigenvalue weighted by Crippen LogP contribution is 2.37. The van der Waals surface area contributed by atoms with Crippen LogP contribution in [-0.4, -0.2) is 58.5 Å². The van der Waals surface area contributed by atoms with Gasteiger partial charge in [-0.2, -0.15) is 0 Å². The van der Waals surface area contributed by atoms with Crippen molar-refractivity contribution in [1.29, 1.82) is 0 Å². The Morgan fingerprint density at radius 1 is 1.33 bits per heavy atom. The Labute approximate surface area is 159 Å². The first-order chi connectivity index (χ1) is 12.9. The normalized spacial score (nSPS) is 18.5. The summed E-state index contributed by atoms with van der Waals surface area (Å²) < 4.78 is 5.10. The molecule has 0 N–H and O–H groups in total. The molecule has 0 radical (unpaired) electrons. The van der Waals surface area contributed by atoms with Gasteiger partial charge >= 0.3 is 5.69 Å². The van der Waals surface area contributed by atoms with E-state index in [0.29, 0.717) is 30.4 Å². The molecule has 1 aromatic rings. The molecule has 0 saturated carbocycles. The minimum Gasteiger partial charge on any atom is -0.490 e. The van der Waals surface area contributed by atoms with Crippen molar-refractivity contribution in [2.75, 3.05) is 26.7 Å². The highest BCUT2D eigenvalue weighted by Gasteiger charge is 2.37. The molecule has 3 amide bonds. The van der Waals surface area contributed by atoms with Gasteiger partial charge in [-0.25, -0.2) is 0 Å². The number of nitro groups is 1. The van der Waals surface area contributed by atoms with Gasteiger partial charge in [0.05, 0.1) is 16.9 Å². The average Bonchev–Trinajstić information content (AvgIpc) is 3.26. The third-order valence-corrected chi connectivity index (χ3v) is 5.25. The van der Waals surface area contributed by atoms with E-state index in [1.165, 1.54) is 25.3 Å². The van der Waals surface area contributed by atoms with E-state index in [2.05, 4.69) is 0 Å². The molecular weight excluding hydrogens is 374 g/mol. The average molecular weight is 391 g/mol. The fourth-order valence-electron chi connectivity index (χ4n) is 3.00. The van der Waals surface area contributed by atoms with Gasteiger partial charge < -0.3 is 9.64 Å². The van der Waals surface area contributed by atoms with Crippen molar-refractivity contribution in [3.63, 3.8) is 0 Å². The molecule has 1 aromatic carbocycles. The number of carbonyl (C=O) groups excluding carboxylic acids is 3. The first kappa shape index (κ1) is 18.9. The Morgan fingerprint density at radius 2 is 2.04 bits per heavy atom. The van der Waals surface area contributed by atoms with Crippen LogP contribution in [0.25, 0.3) is 6.08 Å². The molecule has 2 aliphatic heterocycles. The molecule has 9 nitrogen and oxygen atoms in total. The molecule has 10 heteroatoms. The molecule has 27 heavy (non-hydrogen) atoms. The van der Waals surface area contributed by atoms with Crippen LogP contribution in [0.2, 0.25) is 0 Å². The molecule has 0 atom stereocenters. The molecule has 2 fully saturated rings. The zero-order chi connectivity index (χ0) is 19.6. The third kappa shape index (κ3) is 3.80. The van der Waals surface area contributed by atoms with Gasteiger partial charge in [0.1, 0.15) is 6.54 Å². The molecule has 2 saturated heterocycles. The van der Waals surface area contributed by atoms with E-state index >= 15 is 0 Å². The van der Waals surface area contributed by atoms with Gasteiger partial charge in [0, 0.05) is 24.7 Å². The van der Waals surface area contributed by atoms with E-state index in [1.54, 1.807) is 11.0 Å². The second kappa shape index (κ2) is 7.78. The third-order valence-electron chi connectivity index (χ3n) is 4.34. The number of ether oxygens (including phenoxy) is 1. The minimum atomic E-state index is -0.592. The molecule has 3 rings (SSSR count). The molecule has 0 aromatic heterocycles. The highest BCUT2D eigenvalue weighted by molar-refractivity contribution is 8.18. The SMILES string of the molecule is COc1c(/C=C2\SC(=O)N(CC(=O)N3CCCC3)C2=O)cccc1[N+](=O)[O-]. The number of nitrogens with zero attached hydrogens (tertiary/aromatic N) is 3. The van der Waals surface area contributed by atoms with Gasteiger partial charge in [-0.3, -0.25) is 29.4 Å². The zero-order valence-electron chi connectivity index (χ0n) is 14.5. The first-order valence-electron chi connectivity index (χ1n) is 8.27. The number of amides is 3. The van der Waals surface area contributed by atoms with Crippen LogP contribution in [0.4, 0.5) is 10.5 Å². The van der Waals surface area contributed by atoms with Crippen molar-refractivity contribution < 1.29 is 24.0 Å². The maximum absolute atomic E-state index is 12.6. The van der Waals surface area contributed by atoms with Crippen LogP contribution in [0, 0.1) is 10.1 Å². The van der Waals surface area contributed by atoms with Gasteiger partial charge in [0.15, 0.2) is 0 Å². The summed E-state index contributed by atoms with van der Waals surface area (Å²) >= 11 is 0.697. The highest BCUT2D eigenvalue weighted by atomic mass is 32.2. The number of imide groups is 1. The van der Waals surface area contributed by atoms with Gasteiger partial charge in [-0.15, -0.1) is 0 Å². The van der Waals surface area contributed by atoms with Crippen molar-refractivity contribution in [2.24, 2.45) is 0 Å². The minimum absolute atomic E-state index is 0.00226. The van der Waals surface area contributed by atoms with Crippen LogP contribution in [0.1, 0.15) is 18.4 Å². The summed E-state index contributed by atoms with van der Waals surface area (Å²) in [5, 5.41) is 10.6. The van der Waals surface area contributed by atoms with Crippen LogP contribution in [0.3, 0.4) is 0 Å².